The molecule has 1 aromatic heterocycles. The Morgan fingerprint density at radius 2 is 1.96 bits per heavy atom. The first-order valence-electron chi connectivity index (χ1n) is 8.03. The van der Waals surface area contributed by atoms with Crippen LogP contribution >= 0.6 is 15.9 Å². The maximum atomic E-state index is 12.3. The first-order chi connectivity index (χ1) is 12.5. The molecule has 0 atom stereocenters. The van der Waals surface area contributed by atoms with Crippen LogP contribution < -0.4 is 4.74 Å². The van der Waals surface area contributed by atoms with Gasteiger partial charge in [0.25, 0.3) is 5.91 Å². The maximum absolute atomic E-state index is 12.3. The highest BCUT2D eigenvalue weighted by molar-refractivity contribution is 9.10. The van der Waals surface area contributed by atoms with E-state index in [0.29, 0.717) is 17.5 Å². The van der Waals surface area contributed by atoms with Gasteiger partial charge in [-0.1, -0.05) is 34.1 Å². The number of halogens is 1. The average molecular weight is 416 g/mol. The smallest absolute Gasteiger partial charge is 0.260 e. The molecule has 0 fully saturated rings. The minimum absolute atomic E-state index is 0.0569. The topological polar surface area (TPSA) is 68.5 Å². The van der Waals surface area contributed by atoms with Crippen LogP contribution in [0.5, 0.6) is 5.75 Å². The zero-order valence-corrected chi connectivity index (χ0v) is 16.1. The van der Waals surface area contributed by atoms with Gasteiger partial charge >= 0.3 is 0 Å². The van der Waals surface area contributed by atoms with Crippen molar-refractivity contribution in [1.82, 2.24) is 15.1 Å². The Labute approximate surface area is 159 Å². The summed E-state index contributed by atoms with van der Waals surface area (Å²) >= 11 is 3.40. The molecule has 7 heteroatoms. The van der Waals surface area contributed by atoms with Gasteiger partial charge in [-0.15, -0.1) is 10.2 Å². The number of aryl methyl sites for hydroxylation is 1. The van der Waals surface area contributed by atoms with E-state index >= 15 is 0 Å². The molecule has 1 heterocycles. The summed E-state index contributed by atoms with van der Waals surface area (Å²) in [6.45, 7) is 2.10. The normalized spacial score (nSPS) is 10.6. The standard InChI is InChI=1S/C19H18BrN3O3/c1-13-10-15(20)8-9-16(13)25-12-18(24)23(2)11-17-21-22-19(26-17)14-6-4-3-5-7-14/h3-10H,11-12H2,1-2H3. The Hall–Kier alpha value is -2.67. The first kappa shape index (κ1) is 18.1. The third-order valence-corrected chi connectivity index (χ3v) is 4.27. The molecule has 0 spiro atoms. The van der Waals surface area contributed by atoms with E-state index in [0.717, 1.165) is 15.6 Å². The van der Waals surface area contributed by atoms with E-state index < -0.39 is 0 Å². The number of hydrogen-bond acceptors (Lipinski definition) is 5. The number of nitrogens with zero attached hydrogens (tertiary/aromatic N) is 3. The number of aromatic nitrogens is 2. The zero-order chi connectivity index (χ0) is 18.5. The van der Waals surface area contributed by atoms with Gasteiger partial charge in [-0.05, 0) is 42.8 Å². The van der Waals surface area contributed by atoms with Crippen LogP contribution in [0.25, 0.3) is 11.5 Å². The van der Waals surface area contributed by atoms with E-state index in [9.17, 15) is 4.79 Å². The van der Waals surface area contributed by atoms with Crippen molar-refractivity contribution in [3.63, 3.8) is 0 Å². The molecule has 0 aliphatic carbocycles. The summed E-state index contributed by atoms with van der Waals surface area (Å²) in [5.74, 6) is 1.31. The lowest BCUT2D eigenvalue weighted by atomic mass is 10.2. The third kappa shape index (κ3) is 4.49. The van der Waals surface area contributed by atoms with Gasteiger partial charge in [0.05, 0.1) is 6.54 Å². The number of likely N-dealkylation sites (N-methyl/N-ethyl adjacent to an activating group) is 1. The van der Waals surface area contributed by atoms with Gasteiger partial charge in [-0.2, -0.15) is 0 Å². The van der Waals surface area contributed by atoms with Gasteiger partial charge in [0, 0.05) is 17.1 Å². The van der Waals surface area contributed by atoms with Crippen LogP contribution in [0.4, 0.5) is 0 Å². The van der Waals surface area contributed by atoms with Crippen molar-refractivity contribution in [2.24, 2.45) is 0 Å². The molecule has 0 aliphatic rings. The molecule has 1 amide bonds. The van der Waals surface area contributed by atoms with Crippen molar-refractivity contribution in [2.75, 3.05) is 13.7 Å². The highest BCUT2D eigenvalue weighted by atomic mass is 79.9. The number of amides is 1. The number of benzene rings is 2. The SMILES string of the molecule is Cc1cc(Br)ccc1OCC(=O)N(C)Cc1nnc(-c2ccccc2)o1. The van der Waals surface area contributed by atoms with Crippen LogP contribution in [0.1, 0.15) is 11.5 Å². The molecule has 134 valence electrons. The summed E-state index contributed by atoms with van der Waals surface area (Å²) in [5.41, 5.74) is 1.80. The maximum Gasteiger partial charge on any atom is 0.260 e. The Balaban J connectivity index is 1.57. The minimum Gasteiger partial charge on any atom is -0.483 e. The summed E-state index contributed by atoms with van der Waals surface area (Å²) in [6, 6.07) is 15.1. The van der Waals surface area contributed by atoms with Crippen molar-refractivity contribution in [3.05, 3.63) is 64.5 Å². The Morgan fingerprint density at radius 3 is 2.69 bits per heavy atom. The van der Waals surface area contributed by atoms with E-state index in [1.807, 2.05) is 55.5 Å². The predicted molar refractivity (Wildman–Crippen MR) is 101 cm³/mol. The molecular weight excluding hydrogens is 398 g/mol. The van der Waals surface area contributed by atoms with Crippen molar-refractivity contribution in [3.8, 4) is 17.2 Å². The fraction of sp³-hybridized carbons (Fsp3) is 0.211. The van der Waals surface area contributed by atoms with Crippen LogP contribution in [0, 0.1) is 6.92 Å². The van der Waals surface area contributed by atoms with E-state index in [2.05, 4.69) is 26.1 Å². The Kier molecular flexibility index (Phi) is 5.68. The lowest BCUT2D eigenvalue weighted by Gasteiger charge is -2.16. The van der Waals surface area contributed by atoms with Crippen LogP contribution in [0.2, 0.25) is 0 Å². The molecule has 0 radical (unpaired) electrons. The molecule has 0 bridgehead atoms. The monoisotopic (exact) mass is 415 g/mol. The molecule has 0 saturated carbocycles. The van der Waals surface area contributed by atoms with Gasteiger partial charge in [0.15, 0.2) is 6.61 Å². The molecule has 0 saturated heterocycles. The number of rotatable bonds is 6. The molecule has 6 nitrogen and oxygen atoms in total. The highest BCUT2D eigenvalue weighted by Gasteiger charge is 2.15. The van der Waals surface area contributed by atoms with Crippen LogP contribution in [-0.4, -0.2) is 34.7 Å². The lowest BCUT2D eigenvalue weighted by molar-refractivity contribution is -0.132. The molecule has 3 rings (SSSR count). The lowest BCUT2D eigenvalue weighted by Crippen LogP contribution is -2.31. The molecule has 26 heavy (non-hydrogen) atoms. The molecule has 2 aromatic carbocycles. The first-order valence-corrected chi connectivity index (χ1v) is 8.83. The van der Waals surface area contributed by atoms with Crippen molar-refractivity contribution in [2.45, 2.75) is 13.5 Å². The van der Waals surface area contributed by atoms with Gasteiger partial charge in [-0.3, -0.25) is 4.79 Å². The van der Waals surface area contributed by atoms with Crippen LogP contribution in [-0.2, 0) is 11.3 Å². The summed E-state index contributed by atoms with van der Waals surface area (Å²) in [7, 11) is 1.67. The molecule has 0 aliphatic heterocycles. The highest BCUT2D eigenvalue weighted by Crippen LogP contribution is 2.22. The fourth-order valence-electron chi connectivity index (χ4n) is 2.33. The van der Waals surface area contributed by atoms with E-state index in [4.69, 9.17) is 9.15 Å². The second kappa shape index (κ2) is 8.14. The largest absolute Gasteiger partial charge is 0.483 e. The summed E-state index contributed by atoms with van der Waals surface area (Å²) in [6.07, 6.45) is 0. The number of ether oxygens (including phenoxy) is 1. The van der Waals surface area contributed by atoms with Crippen LogP contribution in [0.3, 0.4) is 0 Å². The number of carbonyl (C=O) groups is 1. The quantitative estimate of drug-likeness (QED) is 0.611. The summed E-state index contributed by atoms with van der Waals surface area (Å²) in [5, 5.41) is 8.02. The van der Waals surface area contributed by atoms with E-state index in [1.165, 1.54) is 4.90 Å². The molecule has 0 N–H and O–H groups in total. The average Bonchev–Trinajstić information content (AvgIpc) is 3.10. The van der Waals surface area contributed by atoms with E-state index in [1.54, 1.807) is 7.05 Å². The van der Waals surface area contributed by atoms with Gasteiger partial charge < -0.3 is 14.1 Å². The van der Waals surface area contributed by atoms with E-state index in [-0.39, 0.29) is 19.1 Å². The van der Waals surface area contributed by atoms with Gasteiger partial charge in [-0.25, -0.2) is 0 Å². The van der Waals surface area contributed by atoms with Crippen molar-refractivity contribution in [1.29, 1.82) is 0 Å². The fourth-order valence-corrected chi connectivity index (χ4v) is 2.81. The van der Waals surface area contributed by atoms with Crippen molar-refractivity contribution < 1.29 is 13.9 Å². The van der Waals surface area contributed by atoms with Crippen LogP contribution in [0.15, 0.2) is 57.4 Å². The van der Waals surface area contributed by atoms with Gasteiger partial charge in [0.2, 0.25) is 11.8 Å². The summed E-state index contributed by atoms with van der Waals surface area (Å²) in [4.78, 5) is 13.8. The second-order valence-corrected chi connectivity index (χ2v) is 6.73. The Morgan fingerprint density at radius 1 is 1.19 bits per heavy atom. The molecule has 0 unspecified atom stereocenters. The molecule has 3 aromatic rings. The van der Waals surface area contributed by atoms with Crippen molar-refractivity contribution >= 4 is 21.8 Å². The number of carbonyl (C=O) groups excluding carboxylic acids is 1. The third-order valence-electron chi connectivity index (χ3n) is 3.77. The minimum atomic E-state index is -0.174. The zero-order valence-electron chi connectivity index (χ0n) is 14.5. The van der Waals surface area contributed by atoms with Gasteiger partial charge in [0.1, 0.15) is 5.75 Å². The predicted octanol–water partition coefficient (Wildman–Crippen LogP) is 3.84. The Bertz CT molecular complexity index is 896. The number of hydrogen-bond donors (Lipinski definition) is 0. The second-order valence-electron chi connectivity index (χ2n) is 5.82. The molecular formula is C19H18BrN3O3. The summed E-state index contributed by atoms with van der Waals surface area (Å²) < 4.78 is 12.2.